The topological polar surface area (TPSA) is 341 Å². The first-order chi connectivity index (χ1) is 29.4. The molecule has 21 nitrogen and oxygen atoms in total. The van der Waals surface area contributed by atoms with Crippen LogP contribution in [0.2, 0.25) is 0 Å². The molecule has 1 aromatic heterocycles. The number of carbonyl (C=O) groups excluding carboxylic acids is 8. The van der Waals surface area contributed by atoms with Crippen molar-refractivity contribution in [3.8, 4) is 0 Å². The number of nitrogens with one attached hydrogen (secondary N) is 8. The predicted molar refractivity (Wildman–Crippen MR) is 231 cm³/mol. The molecule has 4 unspecified atom stereocenters. The normalized spacial score (nSPS) is 21.7. The van der Waals surface area contributed by atoms with Gasteiger partial charge in [-0.05, 0) is 56.2 Å². The Morgan fingerprint density at radius 1 is 0.855 bits per heavy atom. The number of rotatable bonds is 10. The average Bonchev–Trinajstić information content (AvgIpc) is 3.64. The summed E-state index contributed by atoms with van der Waals surface area (Å²) in [6.07, 6.45) is 0.343. The first-order valence-electron chi connectivity index (χ1n) is 19.3. The molecule has 1 fully saturated rings. The minimum absolute atomic E-state index is 0.0274. The van der Waals surface area contributed by atoms with E-state index in [4.69, 9.17) is 16.9 Å². The van der Waals surface area contributed by atoms with Gasteiger partial charge in [-0.3, -0.25) is 48.6 Å². The van der Waals surface area contributed by atoms with Crippen LogP contribution in [0.4, 0.5) is 5.69 Å². The van der Waals surface area contributed by atoms with E-state index in [1.165, 1.54) is 43.0 Å². The van der Waals surface area contributed by atoms with Gasteiger partial charge in [0.1, 0.15) is 36.0 Å². The fraction of sp³-hybridized carbons (Fsp3) is 0.385. The standard InChI is InChI=1S/C39H49N11O10S2/c1-20-39(60)50(13-11-23-17-43-26-6-4-3-5-25(23)26)21(2)36(57)49-29(35(42)56)19-62-61-14-12-30(51)47-27(15-31(52)46-24-9-7-22(8-10-24)34(40)41)37(58)44-18-32(53)48-28(16-33(54)55)38(59)45-20/h3-10,17,20-21,27-29,43H,11-16,18-19H2,1-2H3,(H3,40,41)(H2,42,56)(H,44,58)(H,45,59)(H,46,52)(H,47,51)(H,48,53)(H,49,57)(H,54,55)/t20?,21?,27?,28?,29-/m0/s1. The quantitative estimate of drug-likeness (QED) is 0.0666. The molecular weight excluding hydrogens is 847 g/mol. The lowest BCUT2D eigenvalue weighted by Crippen LogP contribution is -2.59. The van der Waals surface area contributed by atoms with Crippen molar-refractivity contribution in [2.24, 2.45) is 11.5 Å². The average molecular weight is 896 g/mol. The molecule has 0 aliphatic carbocycles. The van der Waals surface area contributed by atoms with Crippen LogP contribution in [0.25, 0.3) is 10.9 Å². The maximum Gasteiger partial charge on any atom is 0.305 e. The van der Waals surface area contributed by atoms with Gasteiger partial charge in [0.25, 0.3) is 0 Å². The summed E-state index contributed by atoms with van der Waals surface area (Å²) >= 11 is 0. The lowest BCUT2D eigenvalue weighted by Gasteiger charge is -2.32. The van der Waals surface area contributed by atoms with Crippen LogP contribution >= 0.6 is 21.6 Å². The van der Waals surface area contributed by atoms with Crippen molar-refractivity contribution in [1.82, 2.24) is 36.5 Å². The van der Waals surface area contributed by atoms with Crippen LogP contribution in [0.1, 0.15) is 44.2 Å². The molecular formula is C39H49N11O10S2. The van der Waals surface area contributed by atoms with E-state index in [1.807, 2.05) is 24.3 Å². The molecule has 2 heterocycles. The number of anilines is 1. The molecule has 0 radical (unpaired) electrons. The van der Waals surface area contributed by atoms with E-state index < -0.39 is 103 Å². The van der Waals surface area contributed by atoms with Crippen LogP contribution in [0.15, 0.2) is 54.7 Å². The van der Waals surface area contributed by atoms with Crippen LogP contribution in [-0.4, -0.2) is 129 Å². The lowest BCUT2D eigenvalue weighted by molar-refractivity contribution is -0.144. The largest absolute Gasteiger partial charge is 0.481 e. The zero-order valence-corrected chi connectivity index (χ0v) is 35.4. The van der Waals surface area contributed by atoms with E-state index in [9.17, 15) is 48.3 Å². The number of carbonyl (C=O) groups is 9. The molecule has 13 N–H and O–H groups in total. The van der Waals surface area contributed by atoms with E-state index >= 15 is 0 Å². The molecule has 8 amide bonds. The van der Waals surface area contributed by atoms with Crippen molar-refractivity contribution >= 4 is 97.2 Å². The number of amidine groups is 1. The van der Waals surface area contributed by atoms with Gasteiger partial charge in [-0.1, -0.05) is 39.8 Å². The third-order valence-corrected chi connectivity index (χ3v) is 11.9. The second-order valence-corrected chi connectivity index (χ2v) is 16.8. The molecule has 1 aliphatic heterocycles. The fourth-order valence-corrected chi connectivity index (χ4v) is 8.33. The van der Waals surface area contributed by atoms with Gasteiger partial charge in [0.2, 0.25) is 47.3 Å². The summed E-state index contributed by atoms with van der Waals surface area (Å²) in [7, 11) is 2.28. The number of primary amides is 1. The van der Waals surface area contributed by atoms with Gasteiger partial charge < -0.3 is 58.4 Å². The lowest BCUT2D eigenvalue weighted by atomic mass is 10.1. The van der Waals surface area contributed by atoms with Crippen molar-refractivity contribution in [3.05, 3.63) is 65.9 Å². The van der Waals surface area contributed by atoms with Gasteiger partial charge >= 0.3 is 5.97 Å². The predicted octanol–water partition coefficient (Wildman–Crippen LogP) is -0.939. The number of para-hydroxylation sites is 1. The van der Waals surface area contributed by atoms with E-state index in [0.717, 1.165) is 38.1 Å². The van der Waals surface area contributed by atoms with Gasteiger partial charge in [0.15, 0.2) is 0 Å². The molecule has 3 aromatic rings. The number of carboxylic acids is 1. The molecule has 23 heteroatoms. The number of aromatic nitrogens is 1. The number of hydrogen-bond acceptors (Lipinski definition) is 12. The number of fused-ring (bicyclic) bond motifs is 1. The molecule has 0 saturated carbocycles. The van der Waals surface area contributed by atoms with Crippen molar-refractivity contribution in [1.29, 1.82) is 5.41 Å². The Kier molecular flexibility index (Phi) is 17.7. The Morgan fingerprint density at radius 3 is 2.21 bits per heavy atom. The number of benzene rings is 2. The highest BCUT2D eigenvalue weighted by molar-refractivity contribution is 8.76. The first-order valence-corrected chi connectivity index (χ1v) is 21.7. The van der Waals surface area contributed by atoms with Crippen LogP contribution in [0.5, 0.6) is 0 Å². The third kappa shape index (κ3) is 14.2. The minimum Gasteiger partial charge on any atom is -0.481 e. The zero-order valence-electron chi connectivity index (χ0n) is 33.8. The van der Waals surface area contributed by atoms with Crippen molar-refractivity contribution in [2.75, 3.05) is 29.9 Å². The second-order valence-electron chi connectivity index (χ2n) is 14.2. The summed E-state index contributed by atoms with van der Waals surface area (Å²) < 4.78 is 0. The fourth-order valence-electron chi connectivity index (χ4n) is 6.16. The van der Waals surface area contributed by atoms with Crippen LogP contribution in [-0.2, 0) is 49.6 Å². The van der Waals surface area contributed by atoms with Gasteiger partial charge in [-0.15, -0.1) is 0 Å². The Balaban J connectivity index is 1.56. The van der Waals surface area contributed by atoms with Crippen molar-refractivity contribution < 1.29 is 48.3 Å². The number of nitrogens with zero attached hydrogens (tertiary/aromatic N) is 1. The number of aliphatic carboxylic acids is 1. The minimum atomic E-state index is -1.74. The summed E-state index contributed by atoms with van der Waals surface area (Å²) in [5, 5.41) is 32.5. The van der Waals surface area contributed by atoms with Crippen LogP contribution in [0, 0.1) is 5.41 Å². The zero-order chi connectivity index (χ0) is 45.5. The maximum absolute atomic E-state index is 14.1. The van der Waals surface area contributed by atoms with Crippen molar-refractivity contribution in [2.45, 2.75) is 69.7 Å². The number of nitrogens with two attached hydrogens (primary N) is 2. The van der Waals surface area contributed by atoms with E-state index in [1.54, 1.807) is 6.20 Å². The van der Waals surface area contributed by atoms with Gasteiger partial charge in [0.05, 0.1) is 19.4 Å². The highest BCUT2D eigenvalue weighted by atomic mass is 33.1. The van der Waals surface area contributed by atoms with E-state index in [2.05, 4.69) is 36.9 Å². The summed E-state index contributed by atoms with van der Waals surface area (Å²) in [4.78, 5) is 122. The number of hydrogen-bond donors (Lipinski definition) is 11. The molecule has 1 saturated heterocycles. The van der Waals surface area contributed by atoms with Gasteiger partial charge in [-0.2, -0.15) is 0 Å². The Morgan fingerprint density at radius 2 is 1.53 bits per heavy atom. The molecule has 2 aromatic carbocycles. The number of nitrogen functional groups attached to an aromatic ring is 1. The van der Waals surface area contributed by atoms with Crippen LogP contribution in [0.3, 0.4) is 0 Å². The molecule has 1 aliphatic rings. The van der Waals surface area contributed by atoms with E-state index in [-0.39, 0.29) is 36.7 Å². The highest BCUT2D eigenvalue weighted by Crippen LogP contribution is 2.23. The smallest absolute Gasteiger partial charge is 0.305 e. The highest BCUT2D eigenvalue weighted by Gasteiger charge is 2.34. The number of aromatic amines is 1. The number of amides is 8. The molecule has 332 valence electrons. The van der Waals surface area contributed by atoms with Crippen molar-refractivity contribution in [3.63, 3.8) is 0 Å². The number of carboxylic acid groups (broad SMARTS) is 1. The van der Waals surface area contributed by atoms with Gasteiger partial charge in [-0.25, -0.2) is 0 Å². The van der Waals surface area contributed by atoms with Gasteiger partial charge in [0, 0.05) is 52.8 Å². The molecule has 0 bridgehead atoms. The monoisotopic (exact) mass is 895 g/mol. The summed E-state index contributed by atoms with van der Waals surface area (Å²) in [5.74, 6) is -8.31. The molecule has 62 heavy (non-hydrogen) atoms. The summed E-state index contributed by atoms with van der Waals surface area (Å²) in [6.45, 7) is 1.91. The number of H-pyrrole nitrogens is 1. The summed E-state index contributed by atoms with van der Waals surface area (Å²) in [6, 6.07) is 6.36. The SMILES string of the molecule is CC1NC(=O)C(CC(=O)O)NC(=O)CNC(=O)C(CC(=O)Nc2ccc(C(=N)N)cc2)NC(=O)CCSSC[C@@H](C(N)=O)NC(=O)C(C)N(CCc2c[nH]c3ccccc23)C1=O. The van der Waals surface area contributed by atoms with Crippen LogP contribution < -0.4 is 43.4 Å². The maximum atomic E-state index is 14.1. The second kappa shape index (κ2) is 22.8. The Labute approximate surface area is 363 Å². The molecule has 5 atom stereocenters. The Bertz CT molecular complexity index is 2180. The molecule has 0 spiro atoms. The Hall–Kier alpha value is -6.62. The third-order valence-electron chi connectivity index (χ3n) is 9.52. The summed E-state index contributed by atoms with van der Waals surface area (Å²) in [5.41, 5.74) is 13.5. The first kappa shape index (κ1) is 48.1. The molecule has 4 rings (SSSR count). The van der Waals surface area contributed by atoms with E-state index in [0.29, 0.717) is 11.3 Å².